The highest BCUT2D eigenvalue weighted by Gasteiger charge is 2.12. The fraction of sp³-hybridized carbons (Fsp3) is 0. The van der Waals surface area contributed by atoms with Crippen LogP contribution in [0, 0.1) is 0 Å². The van der Waals surface area contributed by atoms with Gasteiger partial charge < -0.3 is 15.4 Å². The molecule has 0 atom stereocenters. The van der Waals surface area contributed by atoms with Gasteiger partial charge in [-0.05, 0) is 35.1 Å². The van der Waals surface area contributed by atoms with Gasteiger partial charge in [0.15, 0.2) is 0 Å². The lowest BCUT2D eigenvalue weighted by molar-refractivity contribution is 0.102. The van der Waals surface area contributed by atoms with Crippen LogP contribution in [-0.2, 0) is 0 Å². The Morgan fingerprint density at radius 3 is 2.41 bits per heavy atom. The SMILES string of the molecule is O=C(Nc1cccs1)c1ccc(B(O)O)cc1. The normalized spacial score (nSPS) is 10.0. The maximum Gasteiger partial charge on any atom is 0.488 e. The predicted molar refractivity (Wildman–Crippen MR) is 68.5 cm³/mol. The lowest BCUT2D eigenvalue weighted by Gasteiger charge is -2.04. The highest BCUT2D eigenvalue weighted by Crippen LogP contribution is 2.15. The van der Waals surface area contributed by atoms with Gasteiger partial charge in [-0.2, -0.15) is 0 Å². The summed E-state index contributed by atoms with van der Waals surface area (Å²) >= 11 is 1.44. The second kappa shape index (κ2) is 5.14. The van der Waals surface area contributed by atoms with Crippen LogP contribution in [-0.4, -0.2) is 23.1 Å². The number of amides is 1. The molecule has 0 aliphatic heterocycles. The molecule has 0 saturated carbocycles. The van der Waals surface area contributed by atoms with E-state index >= 15 is 0 Å². The lowest BCUT2D eigenvalue weighted by atomic mass is 9.80. The van der Waals surface area contributed by atoms with E-state index in [0.717, 1.165) is 5.00 Å². The Kier molecular flexibility index (Phi) is 3.58. The molecule has 2 aromatic rings. The third-order valence-electron chi connectivity index (χ3n) is 2.23. The summed E-state index contributed by atoms with van der Waals surface area (Å²) in [7, 11) is -1.51. The fourth-order valence-electron chi connectivity index (χ4n) is 1.34. The number of thiophene rings is 1. The highest BCUT2D eigenvalue weighted by atomic mass is 32.1. The van der Waals surface area contributed by atoms with Crippen LogP contribution in [0.3, 0.4) is 0 Å². The summed E-state index contributed by atoms with van der Waals surface area (Å²) < 4.78 is 0. The first-order chi connectivity index (χ1) is 8.16. The summed E-state index contributed by atoms with van der Waals surface area (Å²) in [5.74, 6) is -0.216. The molecule has 1 aromatic heterocycles. The van der Waals surface area contributed by atoms with Gasteiger partial charge in [-0.15, -0.1) is 11.3 Å². The third-order valence-corrected chi connectivity index (χ3v) is 3.01. The molecule has 0 radical (unpaired) electrons. The smallest absolute Gasteiger partial charge is 0.423 e. The first-order valence-electron chi connectivity index (χ1n) is 4.98. The topological polar surface area (TPSA) is 69.6 Å². The Morgan fingerprint density at radius 2 is 1.88 bits per heavy atom. The molecule has 1 amide bonds. The molecular formula is C11H10BNO3S. The summed E-state index contributed by atoms with van der Waals surface area (Å²) in [4.78, 5) is 11.8. The Labute approximate surface area is 103 Å². The summed E-state index contributed by atoms with van der Waals surface area (Å²) in [6.07, 6.45) is 0. The summed E-state index contributed by atoms with van der Waals surface area (Å²) in [6, 6.07) is 9.79. The first kappa shape index (κ1) is 11.8. The number of hydrogen-bond acceptors (Lipinski definition) is 4. The zero-order valence-electron chi connectivity index (χ0n) is 8.83. The molecule has 0 saturated heterocycles. The van der Waals surface area contributed by atoms with Crippen molar-refractivity contribution in [2.45, 2.75) is 0 Å². The van der Waals surface area contributed by atoms with Crippen molar-refractivity contribution < 1.29 is 14.8 Å². The van der Waals surface area contributed by atoms with Crippen molar-refractivity contribution >= 4 is 34.8 Å². The van der Waals surface area contributed by atoms with E-state index in [4.69, 9.17) is 10.0 Å². The van der Waals surface area contributed by atoms with Crippen LogP contribution in [0.4, 0.5) is 5.00 Å². The van der Waals surface area contributed by atoms with Gasteiger partial charge in [-0.25, -0.2) is 0 Å². The van der Waals surface area contributed by atoms with E-state index < -0.39 is 7.12 Å². The molecule has 0 aliphatic rings. The molecule has 0 spiro atoms. The summed E-state index contributed by atoms with van der Waals surface area (Å²) in [5.41, 5.74) is 0.834. The van der Waals surface area contributed by atoms with Gasteiger partial charge >= 0.3 is 7.12 Å². The molecule has 3 N–H and O–H groups in total. The van der Waals surface area contributed by atoms with E-state index in [2.05, 4.69) is 5.32 Å². The monoisotopic (exact) mass is 247 g/mol. The number of nitrogens with one attached hydrogen (secondary N) is 1. The number of carbonyl (C=O) groups is 1. The zero-order valence-corrected chi connectivity index (χ0v) is 9.65. The summed E-state index contributed by atoms with van der Waals surface area (Å²) in [5, 5.41) is 23.2. The van der Waals surface area contributed by atoms with Gasteiger partial charge in [0, 0.05) is 5.56 Å². The van der Waals surface area contributed by atoms with Crippen LogP contribution >= 0.6 is 11.3 Å². The maximum atomic E-state index is 11.8. The number of anilines is 1. The van der Waals surface area contributed by atoms with Crippen LogP contribution in [0.25, 0.3) is 0 Å². The lowest BCUT2D eigenvalue weighted by Crippen LogP contribution is -2.29. The third kappa shape index (κ3) is 2.94. The summed E-state index contributed by atoms with van der Waals surface area (Å²) in [6.45, 7) is 0. The van der Waals surface area contributed by atoms with Crippen LogP contribution in [0.1, 0.15) is 10.4 Å². The quantitative estimate of drug-likeness (QED) is 0.698. The number of carbonyl (C=O) groups excluding carboxylic acids is 1. The molecule has 1 aromatic carbocycles. The minimum atomic E-state index is -1.51. The van der Waals surface area contributed by atoms with Gasteiger partial charge in [0.1, 0.15) is 0 Å². The molecule has 4 nitrogen and oxygen atoms in total. The molecule has 17 heavy (non-hydrogen) atoms. The van der Waals surface area contributed by atoms with E-state index in [1.807, 2.05) is 17.5 Å². The van der Waals surface area contributed by atoms with Crippen molar-refractivity contribution in [2.24, 2.45) is 0 Å². The van der Waals surface area contributed by atoms with Crippen molar-refractivity contribution in [1.29, 1.82) is 0 Å². The van der Waals surface area contributed by atoms with Crippen molar-refractivity contribution in [1.82, 2.24) is 0 Å². The maximum absolute atomic E-state index is 11.8. The van der Waals surface area contributed by atoms with Gasteiger partial charge in [0.05, 0.1) is 5.00 Å². The Balaban J connectivity index is 2.09. The standard InChI is InChI=1S/C11H10BNO3S/c14-11(13-10-2-1-7-17-10)8-3-5-9(6-4-8)12(15)16/h1-7,15-16H,(H,13,14). The van der Waals surface area contributed by atoms with Gasteiger partial charge in [-0.3, -0.25) is 4.79 Å². The Bertz CT molecular complexity index is 496. The second-order valence-corrected chi connectivity index (χ2v) is 4.37. The predicted octanol–water partition coefficient (Wildman–Crippen LogP) is 0.680. The van der Waals surface area contributed by atoms with Crippen molar-refractivity contribution in [2.75, 3.05) is 5.32 Å². The van der Waals surface area contributed by atoms with Gasteiger partial charge in [-0.1, -0.05) is 12.1 Å². The van der Waals surface area contributed by atoms with E-state index in [9.17, 15) is 4.79 Å². The number of hydrogen-bond donors (Lipinski definition) is 3. The van der Waals surface area contributed by atoms with Crippen molar-refractivity contribution in [3.05, 3.63) is 47.3 Å². The van der Waals surface area contributed by atoms with E-state index in [1.165, 1.54) is 23.5 Å². The van der Waals surface area contributed by atoms with E-state index in [-0.39, 0.29) is 5.91 Å². The molecule has 0 bridgehead atoms. The Hall–Kier alpha value is -1.63. The Morgan fingerprint density at radius 1 is 1.18 bits per heavy atom. The molecule has 2 rings (SSSR count). The minimum Gasteiger partial charge on any atom is -0.423 e. The second-order valence-electron chi connectivity index (χ2n) is 3.43. The molecule has 0 unspecified atom stereocenters. The molecule has 0 aliphatic carbocycles. The fourth-order valence-corrected chi connectivity index (χ4v) is 1.95. The van der Waals surface area contributed by atoms with Crippen LogP contribution in [0.5, 0.6) is 0 Å². The molecular weight excluding hydrogens is 237 g/mol. The van der Waals surface area contributed by atoms with Crippen LogP contribution in [0.2, 0.25) is 0 Å². The van der Waals surface area contributed by atoms with Crippen LogP contribution in [0.15, 0.2) is 41.8 Å². The zero-order chi connectivity index (χ0) is 12.3. The van der Waals surface area contributed by atoms with Gasteiger partial charge in [0.2, 0.25) is 0 Å². The minimum absolute atomic E-state index is 0.216. The van der Waals surface area contributed by atoms with E-state index in [0.29, 0.717) is 11.0 Å². The van der Waals surface area contributed by atoms with Gasteiger partial charge in [0.25, 0.3) is 5.91 Å². The van der Waals surface area contributed by atoms with Crippen molar-refractivity contribution in [3.63, 3.8) is 0 Å². The number of rotatable bonds is 3. The molecule has 6 heteroatoms. The molecule has 1 heterocycles. The molecule has 86 valence electrons. The average Bonchev–Trinajstić information content (AvgIpc) is 2.82. The largest absolute Gasteiger partial charge is 0.488 e. The first-order valence-corrected chi connectivity index (χ1v) is 5.86. The number of benzene rings is 1. The van der Waals surface area contributed by atoms with Crippen LogP contribution < -0.4 is 10.8 Å². The highest BCUT2D eigenvalue weighted by molar-refractivity contribution is 7.14. The molecule has 0 fully saturated rings. The average molecular weight is 247 g/mol. The van der Waals surface area contributed by atoms with E-state index in [1.54, 1.807) is 12.1 Å². The van der Waals surface area contributed by atoms with Crippen molar-refractivity contribution in [3.8, 4) is 0 Å².